The van der Waals surface area contributed by atoms with Crippen LogP contribution < -0.4 is 14.8 Å². The molecule has 1 heterocycles. The van der Waals surface area contributed by atoms with Crippen molar-refractivity contribution in [1.82, 2.24) is 8.61 Å². The van der Waals surface area contributed by atoms with Crippen LogP contribution in [0.4, 0.5) is 5.69 Å². The van der Waals surface area contributed by atoms with E-state index in [-0.39, 0.29) is 13.1 Å². The monoisotopic (exact) mass is 433 g/mol. The normalized spacial score (nSPS) is 16.8. The first kappa shape index (κ1) is 22.1. The minimum atomic E-state index is -3.76. The summed E-state index contributed by atoms with van der Waals surface area (Å²) in [5.74, 6) is 0.783. The van der Waals surface area contributed by atoms with Crippen molar-refractivity contribution in [2.45, 2.75) is 19.9 Å². The number of ether oxygens (including phenoxy) is 2. The second-order valence-electron chi connectivity index (χ2n) is 7.13. The highest BCUT2D eigenvalue weighted by atomic mass is 32.2. The summed E-state index contributed by atoms with van der Waals surface area (Å²) in [5.41, 5.74) is 2.31. The lowest BCUT2D eigenvalue weighted by atomic mass is 10.2. The third-order valence-electron chi connectivity index (χ3n) is 4.91. The van der Waals surface area contributed by atoms with Gasteiger partial charge in [-0.2, -0.15) is 17.0 Å². The van der Waals surface area contributed by atoms with Gasteiger partial charge < -0.3 is 14.8 Å². The van der Waals surface area contributed by atoms with Crippen LogP contribution in [0.3, 0.4) is 0 Å². The Kier molecular flexibility index (Phi) is 6.96. The van der Waals surface area contributed by atoms with E-state index in [1.807, 2.05) is 37.3 Å². The molecule has 1 aliphatic rings. The first-order valence-corrected chi connectivity index (χ1v) is 11.1. The second-order valence-corrected chi connectivity index (χ2v) is 9.06. The molecule has 0 atom stereocenters. The Bertz CT molecular complexity index is 1010. The van der Waals surface area contributed by atoms with Crippen molar-refractivity contribution in [3.63, 3.8) is 0 Å². The van der Waals surface area contributed by atoms with Crippen LogP contribution in [0.5, 0.6) is 11.5 Å². The van der Waals surface area contributed by atoms with E-state index in [0.29, 0.717) is 36.7 Å². The molecular weight excluding hydrogens is 406 g/mol. The minimum absolute atomic E-state index is 0.226. The lowest BCUT2D eigenvalue weighted by Gasteiger charge is -2.34. The number of methoxy groups -OCH3 is 2. The summed E-state index contributed by atoms with van der Waals surface area (Å²) in [5, 5.41) is 2.76. The number of carbonyl (C=O) groups is 1. The van der Waals surface area contributed by atoms with Crippen LogP contribution in [-0.2, 0) is 21.5 Å². The number of benzene rings is 2. The molecule has 0 radical (unpaired) electrons. The first-order valence-electron chi connectivity index (χ1n) is 9.66. The first-order chi connectivity index (χ1) is 14.3. The lowest BCUT2D eigenvalue weighted by Crippen LogP contribution is -2.51. The van der Waals surface area contributed by atoms with Gasteiger partial charge in [0.05, 0.1) is 26.5 Å². The van der Waals surface area contributed by atoms with E-state index < -0.39 is 16.1 Å². The van der Waals surface area contributed by atoms with Crippen LogP contribution in [0.15, 0.2) is 42.5 Å². The summed E-state index contributed by atoms with van der Waals surface area (Å²) in [6.07, 6.45) is 0.643. The van der Waals surface area contributed by atoms with E-state index in [2.05, 4.69) is 5.32 Å². The summed E-state index contributed by atoms with van der Waals surface area (Å²) in [6, 6.07) is 12.7. The Balaban J connectivity index is 1.70. The van der Waals surface area contributed by atoms with E-state index >= 15 is 0 Å². The number of aryl methyl sites for hydroxylation is 1. The van der Waals surface area contributed by atoms with E-state index in [1.54, 1.807) is 19.2 Å². The lowest BCUT2D eigenvalue weighted by molar-refractivity contribution is -0.116. The number of hydrogen-bond donors (Lipinski definition) is 1. The van der Waals surface area contributed by atoms with E-state index in [9.17, 15) is 13.2 Å². The zero-order valence-corrected chi connectivity index (χ0v) is 18.2. The highest BCUT2D eigenvalue weighted by Crippen LogP contribution is 2.26. The highest BCUT2D eigenvalue weighted by molar-refractivity contribution is 7.86. The standard InChI is InChI=1S/C21H27N3O5S/c1-16-8-9-20(29-3)19(12-16)22-21(25)15-24-11-5-10-23(30(24,26)27)14-17-6-4-7-18(13-17)28-2/h4,6-9,12-13H,5,10-11,14-15H2,1-3H3,(H,22,25). The summed E-state index contributed by atoms with van der Waals surface area (Å²) in [4.78, 5) is 12.6. The van der Waals surface area contributed by atoms with Crippen molar-refractivity contribution in [1.29, 1.82) is 0 Å². The molecule has 3 rings (SSSR count). The number of rotatable bonds is 7. The molecule has 1 saturated heterocycles. The molecule has 1 N–H and O–H groups in total. The Morgan fingerprint density at radius 1 is 1.07 bits per heavy atom. The third kappa shape index (κ3) is 5.10. The predicted octanol–water partition coefficient (Wildman–Crippen LogP) is 2.40. The van der Waals surface area contributed by atoms with Crippen molar-refractivity contribution >= 4 is 21.8 Å². The zero-order chi connectivity index (χ0) is 21.7. The van der Waals surface area contributed by atoms with Gasteiger partial charge in [-0.1, -0.05) is 18.2 Å². The topological polar surface area (TPSA) is 88.2 Å². The number of anilines is 1. The van der Waals surface area contributed by atoms with Gasteiger partial charge in [-0.3, -0.25) is 4.79 Å². The fourth-order valence-corrected chi connectivity index (χ4v) is 5.02. The SMILES string of the molecule is COc1cccc(CN2CCCN(CC(=O)Nc3cc(C)ccc3OC)S2(=O)=O)c1. The molecule has 9 heteroatoms. The molecule has 1 aliphatic heterocycles. The molecule has 30 heavy (non-hydrogen) atoms. The fraction of sp³-hybridized carbons (Fsp3) is 0.381. The van der Waals surface area contributed by atoms with Crippen LogP contribution in [0.2, 0.25) is 0 Å². The van der Waals surface area contributed by atoms with Gasteiger partial charge in [-0.05, 0) is 48.7 Å². The average molecular weight is 434 g/mol. The second kappa shape index (κ2) is 9.46. The van der Waals surface area contributed by atoms with Crippen LogP contribution in [-0.4, -0.2) is 56.8 Å². The number of carbonyl (C=O) groups excluding carboxylic acids is 1. The molecule has 2 aromatic rings. The molecular formula is C21H27N3O5S. The summed E-state index contributed by atoms with van der Waals surface area (Å²) in [6.45, 7) is 2.58. The molecule has 0 unspecified atom stereocenters. The van der Waals surface area contributed by atoms with Gasteiger partial charge in [-0.15, -0.1) is 0 Å². The molecule has 1 amide bonds. The van der Waals surface area contributed by atoms with Crippen LogP contribution in [0.1, 0.15) is 17.5 Å². The third-order valence-corrected chi connectivity index (χ3v) is 6.84. The molecule has 0 spiro atoms. The van der Waals surface area contributed by atoms with Gasteiger partial charge >= 0.3 is 0 Å². The van der Waals surface area contributed by atoms with Gasteiger partial charge in [0.1, 0.15) is 11.5 Å². The number of nitrogens with zero attached hydrogens (tertiary/aromatic N) is 2. The smallest absolute Gasteiger partial charge is 0.282 e. The quantitative estimate of drug-likeness (QED) is 0.724. The summed E-state index contributed by atoms with van der Waals surface area (Å²) < 4.78 is 39.2. The van der Waals surface area contributed by atoms with Crippen LogP contribution in [0.25, 0.3) is 0 Å². The molecule has 2 aromatic carbocycles. The number of nitrogens with one attached hydrogen (secondary N) is 1. The van der Waals surface area contributed by atoms with Crippen molar-refractivity contribution in [3.8, 4) is 11.5 Å². The number of amides is 1. The molecule has 8 nitrogen and oxygen atoms in total. The Morgan fingerprint density at radius 3 is 2.57 bits per heavy atom. The van der Waals surface area contributed by atoms with E-state index in [4.69, 9.17) is 9.47 Å². The van der Waals surface area contributed by atoms with Gasteiger partial charge in [0.25, 0.3) is 10.2 Å². The minimum Gasteiger partial charge on any atom is -0.497 e. The molecule has 0 bridgehead atoms. The molecule has 0 aliphatic carbocycles. The van der Waals surface area contributed by atoms with Crippen molar-refractivity contribution in [3.05, 3.63) is 53.6 Å². The van der Waals surface area contributed by atoms with Crippen LogP contribution >= 0.6 is 0 Å². The fourth-order valence-electron chi connectivity index (χ4n) is 3.38. The van der Waals surface area contributed by atoms with Gasteiger partial charge in [0, 0.05) is 19.6 Å². The number of hydrogen-bond acceptors (Lipinski definition) is 5. The summed E-state index contributed by atoms with van der Waals surface area (Å²) in [7, 11) is -0.670. The van der Waals surface area contributed by atoms with Crippen molar-refractivity contribution in [2.24, 2.45) is 0 Å². The van der Waals surface area contributed by atoms with Gasteiger partial charge in [0.15, 0.2) is 0 Å². The maximum absolute atomic E-state index is 13.1. The van der Waals surface area contributed by atoms with E-state index in [0.717, 1.165) is 11.1 Å². The molecule has 0 aromatic heterocycles. The average Bonchev–Trinajstić information content (AvgIpc) is 2.71. The van der Waals surface area contributed by atoms with Crippen molar-refractivity contribution < 1.29 is 22.7 Å². The van der Waals surface area contributed by atoms with E-state index in [1.165, 1.54) is 15.7 Å². The van der Waals surface area contributed by atoms with Crippen LogP contribution in [0, 0.1) is 6.92 Å². The predicted molar refractivity (Wildman–Crippen MR) is 115 cm³/mol. The maximum Gasteiger partial charge on any atom is 0.282 e. The Morgan fingerprint density at radius 2 is 1.83 bits per heavy atom. The van der Waals surface area contributed by atoms with Gasteiger partial charge in [-0.25, -0.2) is 0 Å². The highest BCUT2D eigenvalue weighted by Gasteiger charge is 2.34. The van der Waals surface area contributed by atoms with Crippen molar-refractivity contribution in [2.75, 3.05) is 39.2 Å². The Hall–Kier alpha value is -2.62. The zero-order valence-electron chi connectivity index (χ0n) is 17.4. The summed E-state index contributed by atoms with van der Waals surface area (Å²) >= 11 is 0. The largest absolute Gasteiger partial charge is 0.497 e. The molecule has 162 valence electrons. The van der Waals surface area contributed by atoms with Gasteiger partial charge in [0.2, 0.25) is 5.91 Å². The Labute approximate surface area is 177 Å². The molecule has 1 fully saturated rings. The molecule has 0 saturated carbocycles. The maximum atomic E-state index is 13.1.